The lowest BCUT2D eigenvalue weighted by atomic mass is 10.0. The summed E-state index contributed by atoms with van der Waals surface area (Å²) < 4.78 is 13.1. The molecular weight excluding hydrogens is 304 g/mol. The summed E-state index contributed by atoms with van der Waals surface area (Å²) in [5, 5.41) is 4.30. The van der Waals surface area contributed by atoms with E-state index < -0.39 is 0 Å². The molecule has 2 aromatic heterocycles. The second-order valence-electron chi connectivity index (χ2n) is 6.32. The molecule has 6 nitrogen and oxygen atoms in total. The van der Waals surface area contributed by atoms with E-state index in [1.165, 1.54) is 11.1 Å². The monoisotopic (exact) mass is 330 g/mol. The first-order valence-electron chi connectivity index (χ1n) is 8.47. The highest BCUT2D eigenvalue weighted by Crippen LogP contribution is 2.26. The van der Waals surface area contributed by atoms with Crippen molar-refractivity contribution in [3.8, 4) is 0 Å². The molecule has 6 heteroatoms. The predicted octanol–water partition coefficient (Wildman–Crippen LogP) is 1.66. The molecule has 2 atom stereocenters. The maximum absolute atomic E-state index is 6.09. The summed E-state index contributed by atoms with van der Waals surface area (Å²) in [4.78, 5) is 6.73. The Labute approximate surface area is 143 Å². The first-order chi connectivity index (χ1) is 11.8. The minimum absolute atomic E-state index is 0.233. The Morgan fingerprint density at radius 2 is 2.17 bits per heavy atom. The van der Waals surface area contributed by atoms with Crippen molar-refractivity contribution in [1.29, 1.82) is 0 Å². The van der Waals surface area contributed by atoms with E-state index in [0.29, 0.717) is 19.3 Å². The van der Waals surface area contributed by atoms with E-state index in [-0.39, 0.29) is 6.10 Å². The number of ether oxygens (including phenoxy) is 2. The molecule has 0 N–H and O–H groups in total. The second kappa shape index (κ2) is 8.37. The van der Waals surface area contributed by atoms with Crippen molar-refractivity contribution >= 4 is 0 Å². The van der Waals surface area contributed by atoms with Crippen LogP contribution in [0.4, 0.5) is 0 Å². The Morgan fingerprint density at radius 3 is 2.88 bits per heavy atom. The molecule has 130 valence electrons. The summed E-state index contributed by atoms with van der Waals surface area (Å²) in [6.07, 6.45) is 10.0. The van der Waals surface area contributed by atoms with Crippen molar-refractivity contribution in [2.24, 2.45) is 7.05 Å². The van der Waals surface area contributed by atoms with Gasteiger partial charge in [0.05, 0.1) is 25.5 Å². The van der Waals surface area contributed by atoms with Crippen LogP contribution >= 0.6 is 0 Å². The highest BCUT2D eigenvalue weighted by molar-refractivity contribution is 5.12. The van der Waals surface area contributed by atoms with E-state index in [9.17, 15) is 0 Å². The molecule has 3 heterocycles. The Balaban J connectivity index is 1.68. The summed E-state index contributed by atoms with van der Waals surface area (Å²) in [6, 6.07) is 4.48. The molecule has 1 fully saturated rings. The Kier molecular flexibility index (Phi) is 5.96. The number of pyridine rings is 1. The lowest BCUT2D eigenvalue weighted by molar-refractivity contribution is -0.00131. The van der Waals surface area contributed by atoms with Crippen LogP contribution in [0, 0.1) is 0 Å². The summed E-state index contributed by atoms with van der Waals surface area (Å²) in [5.41, 5.74) is 2.49. The second-order valence-corrected chi connectivity index (χ2v) is 6.32. The van der Waals surface area contributed by atoms with Crippen LogP contribution in [0.15, 0.2) is 36.9 Å². The minimum Gasteiger partial charge on any atom is -0.382 e. The van der Waals surface area contributed by atoms with Crippen LogP contribution in [0.5, 0.6) is 0 Å². The standard InChI is InChI=1S/C18H26N4O2/c1-21-13-16(12-20-21)10-17-18(24-9-8-23-2)5-7-22(17)14-15-4-3-6-19-11-15/h3-4,6,11-13,17-18H,5,7-10,14H2,1-2H3/t17-,18+/m1/s1. The van der Waals surface area contributed by atoms with E-state index in [4.69, 9.17) is 9.47 Å². The van der Waals surface area contributed by atoms with Gasteiger partial charge in [0.25, 0.3) is 0 Å². The third-order valence-corrected chi connectivity index (χ3v) is 4.53. The largest absolute Gasteiger partial charge is 0.382 e. The van der Waals surface area contributed by atoms with Gasteiger partial charge in [-0.3, -0.25) is 14.6 Å². The first-order valence-corrected chi connectivity index (χ1v) is 8.47. The first kappa shape index (κ1) is 17.1. The number of aromatic nitrogens is 3. The zero-order valence-corrected chi connectivity index (χ0v) is 14.5. The van der Waals surface area contributed by atoms with Gasteiger partial charge in [-0.1, -0.05) is 6.07 Å². The number of likely N-dealkylation sites (tertiary alicyclic amines) is 1. The van der Waals surface area contributed by atoms with E-state index in [0.717, 1.165) is 25.9 Å². The molecule has 0 bridgehead atoms. The summed E-state index contributed by atoms with van der Waals surface area (Å²) in [7, 11) is 3.66. The number of methoxy groups -OCH3 is 1. The third-order valence-electron chi connectivity index (χ3n) is 4.53. The zero-order chi connectivity index (χ0) is 16.8. The molecule has 2 aromatic rings. The number of hydrogen-bond acceptors (Lipinski definition) is 5. The lowest BCUT2D eigenvalue weighted by Crippen LogP contribution is -2.38. The number of aryl methyl sites for hydroxylation is 1. The van der Waals surface area contributed by atoms with Gasteiger partial charge >= 0.3 is 0 Å². The Morgan fingerprint density at radius 1 is 1.25 bits per heavy atom. The molecule has 0 spiro atoms. The SMILES string of the molecule is COCCO[C@H]1CCN(Cc2cccnc2)[C@@H]1Cc1cnn(C)c1. The quantitative estimate of drug-likeness (QED) is 0.689. The molecular formula is C18H26N4O2. The van der Waals surface area contributed by atoms with E-state index in [2.05, 4.69) is 27.2 Å². The normalized spacial score (nSPS) is 21.4. The van der Waals surface area contributed by atoms with Crippen LogP contribution in [0.2, 0.25) is 0 Å². The fourth-order valence-electron chi connectivity index (χ4n) is 3.37. The molecule has 0 unspecified atom stereocenters. The van der Waals surface area contributed by atoms with Gasteiger partial charge in [-0.25, -0.2) is 0 Å². The van der Waals surface area contributed by atoms with Crippen LogP contribution in [0.1, 0.15) is 17.5 Å². The van der Waals surface area contributed by atoms with E-state index in [1.807, 2.05) is 36.4 Å². The lowest BCUT2D eigenvalue weighted by Gasteiger charge is -2.28. The van der Waals surface area contributed by atoms with E-state index in [1.54, 1.807) is 7.11 Å². The molecule has 0 radical (unpaired) electrons. The van der Waals surface area contributed by atoms with Crippen molar-refractivity contribution in [3.63, 3.8) is 0 Å². The van der Waals surface area contributed by atoms with Crippen LogP contribution in [-0.4, -0.2) is 58.7 Å². The number of rotatable bonds is 8. The van der Waals surface area contributed by atoms with Crippen LogP contribution in [0.3, 0.4) is 0 Å². The van der Waals surface area contributed by atoms with Crippen molar-refractivity contribution in [3.05, 3.63) is 48.0 Å². The topological polar surface area (TPSA) is 52.4 Å². The maximum atomic E-state index is 6.09. The fraction of sp³-hybridized carbons (Fsp3) is 0.556. The van der Waals surface area contributed by atoms with Crippen LogP contribution < -0.4 is 0 Å². The van der Waals surface area contributed by atoms with Gasteiger partial charge in [0.15, 0.2) is 0 Å². The minimum atomic E-state index is 0.233. The van der Waals surface area contributed by atoms with E-state index >= 15 is 0 Å². The fourth-order valence-corrected chi connectivity index (χ4v) is 3.37. The molecule has 3 rings (SSSR count). The summed E-state index contributed by atoms with van der Waals surface area (Å²) in [5.74, 6) is 0. The predicted molar refractivity (Wildman–Crippen MR) is 91.6 cm³/mol. The number of nitrogens with zero attached hydrogens (tertiary/aromatic N) is 4. The molecule has 0 saturated carbocycles. The van der Waals surface area contributed by atoms with Gasteiger partial charge in [-0.2, -0.15) is 5.10 Å². The highest BCUT2D eigenvalue weighted by Gasteiger charge is 2.35. The molecule has 0 aliphatic carbocycles. The average molecular weight is 330 g/mol. The van der Waals surface area contributed by atoms with Gasteiger partial charge in [0.2, 0.25) is 0 Å². The maximum Gasteiger partial charge on any atom is 0.0746 e. The van der Waals surface area contributed by atoms with Gasteiger partial charge in [-0.15, -0.1) is 0 Å². The van der Waals surface area contributed by atoms with Crippen LogP contribution in [-0.2, 0) is 29.5 Å². The van der Waals surface area contributed by atoms with Gasteiger partial charge in [0.1, 0.15) is 0 Å². The Hall–Kier alpha value is -1.76. The summed E-state index contributed by atoms with van der Waals surface area (Å²) in [6.45, 7) is 3.23. The molecule has 1 saturated heterocycles. The van der Waals surface area contributed by atoms with Gasteiger partial charge < -0.3 is 9.47 Å². The molecule has 1 aliphatic rings. The van der Waals surface area contributed by atoms with Crippen molar-refractivity contribution in [1.82, 2.24) is 19.7 Å². The Bertz CT molecular complexity index is 616. The van der Waals surface area contributed by atoms with Crippen LogP contribution in [0.25, 0.3) is 0 Å². The molecule has 24 heavy (non-hydrogen) atoms. The van der Waals surface area contributed by atoms with Gasteiger partial charge in [0, 0.05) is 51.9 Å². The van der Waals surface area contributed by atoms with Gasteiger partial charge in [-0.05, 0) is 30.0 Å². The smallest absolute Gasteiger partial charge is 0.0746 e. The van der Waals surface area contributed by atoms with Crippen molar-refractivity contribution in [2.75, 3.05) is 26.9 Å². The van der Waals surface area contributed by atoms with Crippen molar-refractivity contribution in [2.45, 2.75) is 31.5 Å². The molecule has 0 amide bonds. The highest BCUT2D eigenvalue weighted by atomic mass is 16.5. The number of hydrogen-bond donors (Lipinski definition) is 0. The molecule has 0 aromatic carbocycles. The summed E-state index contributed by atoms with van der Waals surface area (Å²) >= 11 is 0. The average Bonchev–Trinajstić information content (AvgIpc) is 3.17. The zero-order valence-electron chi connectivity index (χ0n) is 14.5. The van der Waals surface area contributed by atoms with Crippen molar-refractivity contribution < 1.29 is 9.47 Å². The molecule has 1 aliphatic heterocycles. The third kappa shape index (κ3) is 4.41.